The number of halogens is 1. The monoisotopic (exact) mass is 554 g/mol. The summed E-state index contributed by atoms with van der Waals surface area (Å²) in [6.07, 6.45) is 3.86. The van der Waals surface area contributed by atoms with Crippen LogP contribution in [0.3, 0.4) is 0 Å². The first-order valence-electron chi connectivity index (χ1n) is 12.3. The molecule has 0 spiro atoms. The highest BCUT2D eigenvalue weighted by Crippen LogP contribution is 2.41. The fourth-order valence-corrected chi connectivity index (χ4v) is 6.46. The largest absolute Gasteiger partial charge is 0.272 e. The van der Waals surface area contributed by atoms with Crippen LogP contribution in [-0.4, -0.2) is 4.57 Å². The third-order valence-corrected chi connectivity index (χ3v) is 8.64. The number of aryl methyl sites for hydroxylation is 1. The lowest BCUT2D eigenvalue weighted by Gasteiger charge is -2.30. The molecule has 4 aromatic rings. The number of fused-ring (bicyclic) bond motifs is 3. The molecule has 0 unspecified atom stereocenters. The Labute approximate surface area is 223 Å². The number of rotatable bonds is 2. The summed E-state index contributed by atoms with van der Waals surface area (Å²) in [4.78, 5) is 19.7. The van der Waals surface area contributed by atoms with Crippen molar-refractivity contribution in [2.45, 2.75) is 45.1 Å². The van der Waals surface area contributed by atoms with Crippen molar-refractivity contribution in [1.82, 2.24) is 4.57 Å². The normalized spacial score (nSPS) is 17.3. The van der Waals surface area contributed by atoms with Gasteiger partial charge in [0.15, 0.2) is 4.80 Å². The number of allylic oxidation sites excluding steroid dienone is 1. The van der Waals surface area contributed by atoms with Gasteiger partial charge in [0.25, 0.3) is 5.56 Å². The van der Waals surface area contributed by atoms with Crippen molar-refractivity contribution in [3.63, 3.8) is 0 Å². The molecule has 0 bridgehead atoms. The molecule has 3 aromatic carbocycles. The summed E-state index contributed by atoms with van der Waals surface area (Å²) in [6.45, 7) is 6.63. The highest BCUT2D eigenvalue weighted by Gasteiger charge is 2.32. The molecule has 36 heavy (non-hydrogen) atoms. The fraction of sp³-hybridized carbons (Fsp3) is 0.226. The van der Waals surface area contributed by atoms with Gasteiger partial charge >= 0.3 is 0 Å². The molecule has 180 valence electrons. The van der Waals surface area contributed by atoms with Crippen molar-refractivity contribution in [3.8, 4) is 0 Å². The second kappa shape index (κ2) is 8.82. The Morgan fingerprint density at radius 3 is 2.42 bits per heavy atom. The Morgan fingerprint density at radius 2 is 1.69 bits per heavy atom. The van der Waals surface area contributed by atoms with Crippen LogP contribution in [0.2, 0.25) is 0 Å². The van der Waals surface area contributed by atoms with Gasteiger partial charge in [-0.2, -0.15) is 0 Å². The van der Waals surface area contributed by atoms with Gasteiger partial charge in [0.05, 0.1) is 16.3 Å². The topological polar surface area (TPSA) is 34.4 Å². The summed E-state index contributed by atoms with van der Waals surface area (Å²) in [5.74, 6) is 0. The predicted molar refractivity (Wildman–Crippen MR) is 152 cm³/mol. The van der Waals surface area contributed by atoms with Crippen molar-refractivity contribution >= 4 is 39.0 Å². The van der Waals surface area contributed by atoms with E-state index in [4.69, 9.17) is 4.99 Å². The Morgan fingerprint density at radius 1 is 0.972 bits per heavy atom. The van der Waals surface area contributed by atoms with Crippen LogP contribution in [0.1, 0.15) is 61.1 Å². The van der Waals surface area contributed by atoms with E-state index in [0.717, 1.165) is 38.9 Å². The van der Waals surface area contributed by atoms with Crippen molar-refractivity contribution in [1.29, 1.82) is 0 Å². The number of nitrogens with zero attached hydrogens (tertiary/aromatic N) is 2. The van der Waals surface area contributed by atoms with E-state index < -0.39 is 0 Å². The highest BCUT2D eigenvalue weighted by atomic mass is 79.9. The zero-order chi connectivity index (χ0) is 25.0. The van der Waals surface area contributed by atoms with Gasteiger partial charge < -0.3 is 0 Å². The predicted octanol–water partition coefficient (Wildman–Crippen LogP) is 6.38. The molecule has 1 aromatic heterocycles. The lowest BCUT2D eigenvalue weighted by atomic mass is 9.83. The first kappa shape index (κ1) is 23.4. The van der Waals surface area contributed by atoms with Crippen LogP contribution in [0.25, 0.3) is 11.8 Å². The van der Waals surface area contributed by atoms with Crippen molar-refractivity contribution in [2.24, 2.45) is 4.99 Å². The van der Waals surface area contributed by atoms with E-state index in [1.54, 1.807) is 0 Å². The summed E-state index contributed by atoms with van der Waals surface area (Å²) in [7, 11) is 0. The molecule has 1 atom stereocenters. The molecule has 0 radical (unpaired) electrons. The van der Waals surface area contributed by atoms with E-state index in [0.29, 0.717) is 4.53 Å². The highest BCUT2D eigenvalue weighted by molar-refractivity contribution is 9.10. The fourth-order valence-electron chi connectivity index (χ4n) is 5.20. The van der Waals surface area contributed by atoms with Crippen LogP contribution >= 0.6 is 27.3 Å². The molecule has 1 aliphatic carbocycles. The second-order valence-electron chi connectivity index (χ2n) is 10.5. The summed E-state index contributed by atoms with van der Waals surface area (Å²) >= 11 is 5.05. The van der Waals surface area contributed by atoms with E-state index in [-0.39, 0.29) is 17.0 Å². The Kier molecular flexibility index (Phi) is 5.73. The summed E-state index contributed by atoms with van der Waals surface area (Å²) in [6, 6.07) is 25.2. The first-order valence-corrected chi connectivity index (χ1v) is 13.9. The van der Waals surface area contributed by atoms with Crippen LogP contribution in [0, 0.1) is 0 Å². The zero-order valence-corrected chi connectivity index (χ0v) is 23.0. The molecular weight excluding hydrogens is 528 g/mol. The van der Waals surface area contributed by atoms with Crippen LogP contribution in [0.4, 0.5) is 0 Å². The van der Waals surface area contributed by atoms with Crippen LogP contribution in [-0.2, 0) is 11.8 Å². The van der Waals surface area contributed by atoms with Gasteiger partial charge in [-0.15, -0.1) is 0 Å². The maximum atomic E-state index is 13.9. The van der Waals surface area contributed by atoms with Crippen LogP contribution < -0.4 is 14.9 Å². The van der Waals surface area contributed by atoms with Gasteiger partial charge in [-0.3, -0.25) is 9.36 Å². The van der Waals surface area contributed by atoms with Gasteiger partial charge in [0.1, 0.15) is 0 Å². The molecule has 3 nitrogen and oxygen atoms in total. The summed E-state index contributed by atoms with van der Waals surface area (Å²) in [5, 5.41) is 0. The Balaban J connectivity index is 1.55. The number of hydrogen-bond donors (Lipinski definition) is 0. The SMILES string of the molecule is CC(C)(C)c1ccc(/C=c2\sc3n(c2=O)[C@@H](c2ccc(Br)cc2)C2=C(N=3)c3ccccc3CC2)cc1. The third-order valence-electron chi connectivity index (χ3n) is 7.13. The van der Waals surface area contributed by atoms with Crippen molar-refractivity contribution < 1.29 is 0 Å². The lowest BCUT2D eigenvalue weighted by Crippen LogP contribution is -2.38. The van der Waals surface area contributed by atoms with Gasteiger partial charge in [0.2, 0.25) is 0 Å². The molecule has 2 heterocycles. The molecular formula is C31H27BrN2OS. The second-order valence-corrected chi connectivity index (χ2v) is 12.5. The molecule has 0 N–H and O–H groups in total. The van der Waals surface area contributed by atoms with E-state index in [9.17, 15) is 4.79 Å². The van der Waals surface area contributed by atoms with Crippen LogP contribution in [0.15, 0.2) is 92.6 Å². The maximum absolute atomic E-state index is 13.9. The van der Waals surface area contributed by atoms with Gasteiger partial charge in [-0.1, -0.05) is 109 Å². The number of hydrogen-bond acceptors (Lipinski definition) is 3. The van der Waals surface area contributed by atoms with Gasteiger partial charge in [0, 0.05) is 10.0 Å². The summed E-state index contributed by atoms with van der Waals surface area (Å²) < 4.78 is 3.66. The quantitative estimate of drug-likeness (QED) is 0.283. The van der Waals surface area contributed by atoms with Crippen molar-refractivity contribution in [2.75, 3.05) is 0 Å². The third kappa shape index (κ3) is 4.04. The lowest BCUT2D eigenvalue weighted by molar-refractivity contribution is 0.585. The number of benzene rings is 3. The molecule has 0 fully saturated rings. The molecule has 0 saturated carbocycles. The maximum Gasteiger partial charge on any atom is 0.271 e. The summed E-state index contributed by atoms with van der Waals surface area (Å²) in [5.41, 5.74) is 8.32. The molecule has 0 saturated heterocycles. The first-order chi connectivity index (χ1) is 17.3. The smallest absolute Gasteiger partial charge is 0.271 e. The minimum absolute atomic E-state index is 0.0250. The van der Waals surface area contributed by atoms with E-state index >= 15 is 0 Å². The minimum atomic E-state index is -0.150. The molecule has 1 aliphatic heterocycles. The minimum Gasteiger partial charge on any atom is -0.272 e. The molecule has 5 heteroatoms. The average Bonchev–Trinajstić information content (AvgIpc) is 3.17. The van der Waals surface area contributed by atoms with E-state index in [2.05, 4.69) is 109 Å². The molecule has 2 aliphatic rings. The number of thiazole rings is 1. The molecule has 0 amide bonds. The standard InChI is InChI=1S/C31H27BrN2OS/c1-31(2,3)22-13-8-19(9-14-22)18-26-29(35)34-28(21-10-15-23(32)16-11-21)25-17-12-20-6-4-5-7-24(20)27(25)33-30(34)36-26/h4-11,13-16,18,28H,12,17H2,1-3H3/b26-18-/t28-/m0/s1. The van der Waals surface area contributed by atoms with E-state index in [1.165, 1.54) is 33.6 Å². The average molecular weight is 556 g/mol. The Hall–Kier alpha value is -3.02. The molecule has 6 rings (SSSR count). The van der Waals surface area contributed by atoms with Gasteiger partial charge in [-0.25, -0.2) is 4.99 Å². The zero-order valence-electron chi connectivity index (χ0n) is 20.6. The van der Waals surface area contributed by atoms with Crippen LogP contribution in [0.5, 0.6) is 0 Å². The van der Waals surface area contributed by atoms with Crippen molar-refractivity contribution in [3.05, 3.63) is 130 Å². The Bertz CT molecular complexity index is 1680. The number of aromatic nitrogens is 1. The van der Waals surface area contributed by atoms with E-state index in [1.807, 2.05) is 10.6 Å². The van der Waals surface area contributed by atoms with Gasteiger partial charge in [-0.05, 0) is 64.3 Å².